The first-order valence-electron chi connectivity index (χ1n) is 9.16. The van der Waals surface area contributed by atoms with Gasteiger partial charge in [-0.25, -0.2) is 0 Å². The molecule has 0 radical (unpaired) electrons. The van der Waals surface area contributed by atoms with Gasteiger partial charge in [-0.2, -0.15) is 0 Å². The molecule has 1 saturated heterocycles. The van der Waals surface area contributed by atoms with Crippen molar-refractivity contribution in [2.75, 3.05) is 20.2 Å². The highest BCUT2D eigenvalue weighted by atomic mass is 16.5. The lowest BCUT2D eigenvalue weighted by molar-refractivity contribution is -0.132. The number of hydrogen-bond acceptors (Lipinski definition) is 4. The van der Waals surface area contributed by atoms with Crippen LogP contribution in [0.5, 0.6) is 11.5 Å². The van der Waals surface area contributed by atoms with Crippen molar-refractivity contribution < 1.29 is 19.4 Å². The number of hydrogen-bond donors (Lipinski definition) is 1. The van der Waals surface area contributed by atoms with E-state index in [9.17, 15) is 9.90 Å². The maximum Gasteiger partial charge on any atom is 0.245 e. The van der Waals surface area contributed by atoms with Gasteiger partial charge in [-0.1, -0.05) is 36.9 Å². The quantitative estimate of drug-likeness (QED) is 0.849. The first-order valence-corrected chi connectivity index (χ1v) is 9.16. The minimum atomic E-state index is -0.722. The number of para-hydroxylation sites is 1. The number of nitrogens with zero attached hydrogens (tertiary/aromatic N) is 1. The Kier molecular flexibility index (Phi) is 4.62. The predicted molar refractivity (Wildman–Crippen MR) is 103 cm³/mol. The highest BCUT2D eigenvalue weighted by Crippen LogP contribution is 2.47. The zero-order valence-electron chi connectivity index (χ0n) is 15.3. The average Bonchev–Trinajstić information content (AvgIpc) is 2.72. The SMILES string of the molecule is C=CC(=O)N1CC[C@H]2Oc3cccc(-c4ccccc4OC)c3C(O)[C@@H]2C1. The summed E-state index contributed by atoms with van der Waals surface area (Å²) < 4.78 is 11.7. The number of carbonyl (C=O) groups excluding carboxylic acids is 1. The minimum absolute atomic E-state index is 0.103. The summed E-state index contributed by atoms with van der Waals surface area (Å²) in [6.07, 6.45) is 1.19. The van der Waals surface area contributed by atoms with Gasteiger partial charge in [-0.3, -0.25) is 4.79 Å². The summed E-state index contributed by atoms with van der Waals surface area (Å²) in [7, 11) is 1.64. The molecule has 1 amide bonds. The monoisotopic (exact) mass is 365 g/mol. The lowest BCUT2D eigenvalue weighted by Crippen LogP contribution is -2.51. The van der Waals surface area contributed by atoms with Gasteiger partial charge < -0.3 is 19.5 Å². The lowest BCUT2D eigenvalue weighted by Gasteiger charge is -2.44. The van der Waals surface area contributed by atoms with Gasteiger partial charge in [-0.15, -0.1) is 0 Å². The van der Waals surface area contributed by atoms with E-state index in [1.54, 1.807) is 12.0 Å². The Morgan fingerprint density at radius 3 is 2.81 bits per heavy atom. The summed E-state index contributed by atoms with van der Waals surface area (Å²) in [6, 6.07) is 13.5. The molecule has 140 valence electrons. The second-order valence-electron chi connectivity index (χ2n) is 6.96. The van der Waals surface area contributed by atoms with Crippen molar-refractivity contribution in [3.63, 3.8) is 0 Å². The van der Waals surface area contributed by atoms with E-state index in [0.717, 1.165) is 22.4 Å². The number of fused-ring (bicyclic) bond motifs is 2. The van der Waals surface area contributed by atoms with E-state index in [1.807, 2.05) is 42.5 Å². The van der Waals surface area contributed by atoms with Crippen molar-refractivity contribution in [2.45, 2.75) is 18.6 Å². The number of carbonyl (C=O) groups is 1. The maximum atomic E-state index is 12.0. The second-order valence-corrected chi connectivity index (χ2v) is 6.96. The largest absolute Gasteiger partial charge is 0.496 e. The van der Waals surface area contributed by atoms with E-state index in [2.05, 4.69) is 6.58 Å². The molecule has 0 spiro atoms. The molecule has 4 rings (SSSR count). The normalized spacial score (nSPS) is 23.6. The van der Waals surface area contributed by atoms with Crippen molar-refractivity contribution in [2.24, 2.45) is 5.92 Å². The maximum absolute atomic E-state index is 12.0. The van der Waals surface area contributed by atoms with Gasteiger partial charge in [0.2, 0.25) is 5.91 Å². The summed E-state index contributed by atoms with van der Waals surface area (Å²) in [5, 5.41) is 11.2. The molecule has 1 N–H and O–H groups in total. The van der Waals surface area contributed by atoms with Gasteiger partial charge in [-0.05, 0) is 23.8 Å². The number of piperidine rings is 1. The first-order chi connectivity index (χ1) is 13.1. The summed E-state index contributed by atoms with van der Waals surface area (Å²) in [5.41, 5.74) is 2.56. The van der Waals surface area contributed by atoms with Gasteiger partial charge in [0.15, 0.2) is 0 Å². The van der Waals surface area contributed by atoms with Crippen LogP contribution in [0.3, 0.4) is 0 Å². The number of amides is 1. The summed E-state index contributed by atoms with van der Waals surface area (Å²) >= 11 is 0. The minimum Gasteiger partial charge on any atom is -0.496 e. The Labute approximate surface area is 158 Å². The summed E-state index contributed by atoms with van der Waals surface area (Å²) in [5.74, 6) is 1.17. The van der Waals surface area contributed by atoms with Crippen LogP contribution in [0.15, 0.2) is 55.1 Å². The van der Waals surface area contributed by atoms with Crippen molar-refractivity contribution in [1.29, 1.82) is 0 Å². The zero-order valence-corrected chi connectivity index (χ0v) is 15.3. The summed E-state index contributed by atoms with van der Waals surface area (Å²) in [6.45, 7) is 4.63. The molecule has 2 aliphatic heterocycles. The summed E-state index contributed by atoms with van der Waals surface area (Å²) in [4.78, 5) is 13.8. The molecular weight excluding hydrogens is 342 g/mol. The molecule has 2 aromatic rings. The van der Waals surface area contributed by atoms with Gasteiger partial charge in [0.25, 0.3) is 0 Å². The Balaban J connectivity index is 1.76. The van der Waals surface area contributed by atoms with Crippen LogP contribution in [0.1, 0.15) is 18.1 Å². The number of likely N-dealkylation sites (tertiary alicyclic amines) is 1. The molecule has 1 unspecified atom stereocenters. The molecule has 0 aromatic heterocycles. The van der Waals surface area contributed by atoms with Crippen LogP contribution in [-0.4, -0.2) is 42.2 Å². The number of aliphatic hydroxyl groups excluding tert-OH is 1. The van der Waals surface area contributed by atoms with Crippen LogP contribution < -0.4 is 9.47 Å². The molecule has 2 aromatic carbocycles. The molecule has 5 heteroatoms. The number of ether oxygens (including phenoxy) is 2. The third-order valence-electron chi connectivity index (χ3n) is 5.52. The number of aliphatic hydroxyl groups is 1. The molecule has 0 bridgehead atoms. The van der Waals surface area contributed by atoms with E-state index >= 15 is 0 Å². The van der Waals surface area contributed by atoms with Crippen LogP contribution in [0.25, 0.3) is 11.1 Å². The fraction of sp³-hybridized carbons (Fsp3) is 0.318. The van der Waals surface area contributed by atoms with Gasteiger partial charge in [0, 0.05) is 36.6 Å². The van der Waals surface area contributed by atoms with E-state index < -0.39 is 6.10 Å². The Hall–Kier alpha value is -2.79. The fourth-order valence-corrected chi connectivity index (χ4v) is 4.17. The van der Waals surface area contributed by atoms with Crippen molar-refractivity contribution >= 4 is 5.91 Å². The lowest BCUT2D eigenvalue weighted by atomic mass is 9.80. The molecule has 0 saturated carbocycles. The molecule has 1 fully saturated rings. The van der Waals surface area contributed by atoms with E-state index in [0.29, 0.717) is 25.3 Å². The molecule has 3 atom stereocenters. The van der Waals surface area contributed by atoms with E-state index in [-0.39, 0.29) is 17.9 Å². The molecule has 2 aliphatic rings. The number of methoxy groups -OCH3 is 1. The molecule has 27 heavy (non-hydrogen) atoms. The predicted octanol–water partition coefficient (Wildman–Crippen LogP) is 3.19. The van der Waals surface area contributed by atoms with Crippen LogP contribution in [-0.2, 0) is 4.79 Å². The smallest absolute Gasteiger partial charge is 0.245 e. The molecular formula is C22H23NO4. The molecule has 2 heterocycles. The van der Waals surface area contributed by atoms with Crippen molar-refractivity contribution in [3.05, 3.63) is 60.7 Å². The zero-order chi connectivity index (χ0) is 19.0. The topological polar surface area (TPSA) is 59.0 Å². The average molecular weight is 365 g/mol. The van der Waals surface area contributed by atoms with Gasteiger partial charge >= 0.3 is 0 Å². The Morgan fingerprint density at radius 1 is 1.26 bits per heavy atom. The van der Waals surface area contributed by atoms with Crippen molar-refractivity contribution in [3.8, 4) is 22.6 Å². The Bertz CT molecular complexity index is 878. The van der Waals surface area contributed by atoms with Crippen LogP contribution in [0.2, 0.25) is 0 Å². The highest BCUT2D eigenvalue weighted by Gasteiger charge is 2.43. The molecule has 5 nitrogen and oxygen atoms in total. The van der Waals surface area contributed by atoms with Gasteiger partial charge in [0.05, 0.1) is 13.2 Å². The highest BCUT2D eigenvalue weighted by molar-refractivity contribution is 5.87. The van der Waals surface area contributed by atoms with Gasteiger partial charge in [0.1, 0.15) is 17.6 Å². The van der Waals surface area contributed by atoms with E-state index in [1.165, 1.54) is 6.08 Å². The fourth-order valence-electron chi connectivity index (χ4n) is 4.17. The molecule has 0 aliphatic carbocycles. The van der Waals surface area contributed by atoms with E-state index in [4.69, 9.17) is 9.47 Å². The number of rotatable bonds is 3. The third kappa shape index (κ3) is 2.98. The second kappa shape index (κ2) is 7.08. The standard InChI is InChI=1S/C22H23NO4/c1-3-20(24)23-12-11-18-16(13-23)22(25)21-15(8-6-10-19(21)27-18)14-7-4-5-9-17(14)26-2/h3-10,16,18,22,25H,1,11-13H2,2H3/t16-,18-,22?/m1/s1. The van der Waals surface area contributed by atoms with Crippen LogP contribution in [0, 0.1) is 5.92 Å². The van der Waals surface area contributed by atoms with Crippen LogP contribution in [0.4, 0.5) is 0 Å². The van der Waals surface area contributed by atoms with Crippen LogP contribution >= 0.6 is 0 Å². The number of benzene rings is 2. The third-order valence-corrected chi connectivity index (χ3v) is 5.52. The Morgan fingerprint density at radius 2 is 2.04 bits per heavy atom. The first kappa shape index (κ1) is 17.6. The van der Waals surface area contributed by atoms with Crippen molar-refractivity contribution in [1.82, 2.24) is 4.90 Å².